The maximum atomic E-state index is 13.4. The minimum Gasteiger partial charge on any atom is -0.312 e. The lowest BCUT2D eigenvalue weighted by molar-refractivity contribution is -0.122. The molecule has 1 aliphatic carbocycles. The van der Waals surface area contributed by atoms with Crippen LogP contribution in [0.15, 0.2) is 24.3 Å². The van der Waals surface area contributed by atoms with Crippen molar-refractivity contribution in [2.24, 2.45) is 5.92 Å². The van der Waals surface area contributed by atoms with Crippen LogP contribution in [0.25, 0.3) is 0 Å². The van der Waals surface area contributed by atoms with Gasteiger partial charge in [0.15, 0.2) is 0 Å². The molecule has 25 heavy (non-hydrogen) atoms. The SMILES string of the molecule is Cc1cc(N2C[C@H](C(=O)Nc3cc(C4CC4)n[nH]3)CC2=O)ccc1F. The van der Waals surface area contributed by atoms with Gasteiger partial charge in [-0.25, -0.2) is 4.39 Å². The second-order valence-electron chi connectivity index (χ2n) is 6.81. The molecule has 1 aliphatic heterocycles. The Kier molecular flexibility index (Phi) is 3.78. The van der Waals surface area contributed by atoms with Crippen molar-refractivity contribution in [2.45, 2.75) is 32.1 Å². The summed E-state index contributed by atoms with van der Waals surface area (Å²) in [6, 6.07) is 6.39. The fourth-order valence-corrected chi connectivity index (χ4v) is 3.15. The van der Waals surface area contributed by atoms with Gasteiger partial charge in [0.2, 0.25) is 11.8 Å². The number of H-pyrrole nitrogens is 1. The normalized spacial score (nSPS) is 20.2. The van der Waals surface area contributed by atoms with Crippen LogP contribution in [0.1, 0.15) is 36.4 Å². The summed E-state index contributed by atoms with van der Waals surface area (Å²) in [5, 5.41) is 9.83. The predicted octanol–water partition coefficient (Wildman–Crippen LogP) is 2.73. The zero-order chi connectivity index (χ0) is 17.6. The van der Waals surface area contributed by atoms with E-state index in [2.05, 4.69) is 15.5 Å². The Morgan fingerprint density at radius 1 is 1.36 bits per heavy atom. The van der Waals surface area contributed by atoms with Crippen molar-refractivity contribution >= 4 is 23.3 Å². The Balaban J connectivity index is 1.43. The third kappa shape index (κ3) is 3.14. The van der Waals surface area contributed by atoms with E-state index in [1.807, 2.05) is 6.07 Å². The van der Waals surface area contributed by atoms with Gasteiger partial charge < -0.3 is 10.2 Å². The molecule has 1 aromatic heterocycles. The lowest BCUT2D eigenvalue weighted by Crippen LogP contribution is -2.28. The summed E-state index contributed by atoms with van der Waals surface area (Å²) in [4.78, 5) is 26.3. The van der Waals surface area contributed by atoms with E-state index in [9.17, 15) is 14.0 Å². The van der Waals surface area contributed by atoms with Crippen molar-refractivity contribution in [3.8, 4) is 0 Å². The molecule has 6 nitrogen and oxygen atoms in total. The average molecular weight is 342 g/mol. The summed E-state index contributed by atoms with van der Waals surface area (Å²) in [6.07, 6.45) is 2.43. The molecule has 2 amide bonds. The van der Waals surface area contributed by atoms with Crippen LogP contribution >= 0.6 is 0 Å². The third-order valence-electron chi connectivity index (χ3n) is 4.80. The van der Waals surface area contributed by atoms with Crippen LogP contribution in [0.3, 0.4) is 0 Å². The van der Waals surface area contributed by atoms with Crippen molar-refractivity contribution < 1.29 is 14.0 Å². The van der Waals surface area contributed by atoms with E-state index < -0.39 is 5.92 Å². The summed E-state index contributed by atoms with van der Waals surface area (Å²) < 4.78 is 13.4. The molecular formula is C18H19FN4O2. The lowest BCUT2D eigenvalue weighted by Gasteiger charge is -2.17. The van der Waals surface area contributed by atoms with E-state index in [1.54, 1.807) is 24.0 Å². The number of rotatable bonds is 4. The number of benzene rings is 1. The van der Waals surface area contributed by atoms with Crippen molar-refractivity contribution in [1.29, 1.82) is 0 Å². The molecule has 1 saturated carbocycles. The number of aromatic nitrogens is 2. The Hall–Kier alpha value is -2.70. The molecule has 1 atom stereocenters. The fourth-order valence-electron chi connectivity index (χ4n) is 3.15. The third-order valence-corrected chi connectivity index (χ3v) is 4.80. The quantitative estimate of drug-likeness (QED) is 0.897. The molecule has 2 aliphatic rings. The minimum atomic E-state index is -0.439. The van der Waals surface area contributed by atoms with E-state index in [1.165, 1.54) is 6.07 Å². The number of anilines is 2. The monoisotopic (exact) mass is 342 g/mol. The molecule has 1 saturated heterocycles. The Bertz CT molecular complexity index is 843. The highest BCUT2D eigenvalue weighted by atomic mass is 19.1. The molecule has 0 unspecified atom stereocenters. The molecule has 1 aromatic carbocycles. The number of nitrogens with zero attached hydrogens (tertiary/aromatic N) is 2. The maximum absolute atomic E-state index is 13.4. The molecule has 0 spiro atoms. The van der Waals surface area contributed by atoms with Crippen molar-refractivity contribution in [3.05, 3.63) is 41.3 Å². The van der Waals surface area contributed by atoms with Gasteiger partial charge in [-0.3, -0.25) is 14.7 Å². The molecule has 130 valence electrons. The van der Waals surface area contributed by atoms with Crippen LogP contribution in [0.5, 0.6) is 0 Å². The first-order valence-corrected chi connectivity index (χ1v) is 8.44. The minimum absolute atomic E-state index is 0.130. The summed E-state index contributed by atoms with van der Waals surface area (Å²) in [5.74, 6) is -0.0151. The number of hydrogen-bond acceptors (Lipinski definition) is 3. The van der Waals surface area contributed by atoms with E-state index >= 15 is 0 Å². The van der Waals surface area contributed by atoms with Crippen LogP contribution in [0, 0.1) is 18.7 Å². The molecule has 7 heteroatoms. The highest BCUT2D eigenvalue weighted by Crippen LogP contribution is 2.39. The number of carbonyl (C=O) groups is 2. The number of amides is 2. The molecule has 2 heterocycles. The van der Waals surface area contributed by atoms with Crippen LogP contribution in [-0.2, 0) is 9.59 Å². The molecule has 2 fully saturated rings. The summed E-state index contributed by atoms with van der Waals surface area (Å²) in [7, 11) is 0. The van der Waals surface area contributed by atoms with Gasteiger partial charge in [0.05, 0.1) is 11.6 Å². The smallest absolute Gasteiger partial charge is 0.230 e. The fraction of sp³-hybridized carbons (Fsp3) is 0.389. The van der Waals surface area contributed by atoms with Crippen LogP contribution in [-0.4, -0.2) is 28.6 Å². The number of aryl methyl sites for hydroxylation is 1. The Morgan fingerprint density at radius 2 is 2.16 bits per heavy atom. The van der Waals surface area contributed by atoms with Crippen LogP contribution < -0.4 is 10.2 Å². The van der Waals surface area contributed by atoms with Gasteiger partial charge in [-0.1, -0.05) is 0 Å². The molecule has 4 rings (SSSR count). The van der Waals surface area contributed by atoms with Crippen molar-refractivity contribution in [3.63, 3.8) is 0 Å². The van der Waals surface area contributed by atoms with Gasteiger partial charge in [0, 0.05) is 30.6 Å². The second kappa shape index (κ2) is 5.98. The highest BCUT2D eigenvalue weighted by Gasteiger charge is 2.35. The number of carbonyl (C=O) groups excluding carboxylic acids is 2. The standard InChI is InChI=1S/C18H19FN4O2/c1-10-6-13(4-5-14(10)19)23-9-12(7-17(23)24)18(25)20-16-8-15(21-22-16)11-2-3-11/h4-6,8,11-12H,2-3,7,9H2,1H3,(H2,20,21,22,25)/t12-/m1/s1. The van der Waals surface area contributed by atoms with Gasteiger partial charge in [-0.2, -0.15) is 5.10 Å². The van der Waals surface area contributed by atoms with E-state index in [0.717, 1.165) is 18.5 Å². The number of aromatic amines is 1. The first kappa shape index (κ1) is 15.8. The average Bonchev–Trinajstić information content (AvgIpc) is 3.21. The van der Waals surface area contributed by atoms with E-state index in [0.29, 0.717) is 29.5 Å². The Labute approximate surface area is 144 Å². The first-order chi connectivity index (χ1) is 12.0. The molecule has 0 radical (unpaired) electrons. The van der Waals surface area contributed by atoms with Crippen molar-refractivity contribution in [2.75, 3.05) is 16.8 Å². The molecule has 0 bridgehead atoms. The van der Waals surface area contributed by atoms with Gasteiger partial charge in [-0.05, 0) is 43.5 Å². The summed E-state index contributed by atoms with van der Waals surface area (Å²) in [5.41, 5.74) is 2.07. The largest absolute Gasteiger partial charge is 0.312 e. The van der Waals surface area contributed by atoms with Gasteiger partial charge >= 0.3 is 0 Å². The zero-order valence-corrected chi connectivity index (χ0v) is 13.9. The highest BCUT2D eigenvalue weighted by molar-refractivity contribution is 6.03. The number of halogens is 1. The summed E-state index contributed by atoms with van der Waals surface area (Å²) >= 11 is 0. The van der Waals surface area contributed by atoms with Crippen LogP contribution in [0.4, 0.5) is 15.9 Å². The lowest BCUT2D eigenvalue weighted by atomic mass is 10.1. The van der Waals surface area contributed by atoms with Crippen LogP contribution in [0.2, 0.25) is 0 Å². The predicted molar refractivity (Wildman–Crippen MR) is 90.8 cm³/mol. The zero-order valence-electron chi connectivity index (χ0n) is 13.9. The number of hydrogen-bond donors (Lipinski definition) is 2. The first-order valence-electron chi connectivity index (χ1n) is 8.44. The number of nitrogens with one attached hydrogen (secondary N) is 2. The van der Waals surface area contributed by atoms with Crippen molar-refractivity contribution in [1.82, 2.24) is 10.2 Å². The Morgan fingerprint density at radius 3 is 2.88 bits per heavy atom. The molecule has 2 N–H and O–H groups in total. The second-order valence-corrected chi connectivity index (χ2v) is 6.81. The van der Waals surface area contributed by atoms with Gasteiger partial charge in [-0.15, -0.1) is 0 Å². The molecule has 2 aromatic rings. The topological polar surface area (TPSA) is 78.1 Å². The van der Waals surface area contributed by atoms with Gasteiger partial charge in [0.1, 0.15) is 11.6 Å². The van der Waals surface area contributed by atoms with Gasteiger partial charge in [0.25, 0.3) is 0 Å². The summed E-state index contributed by atoms with van der Waals surface area (Å²) in [6.45, 7) is 1.94. The molecular weight excluding hydrogens is 323 g/mol. The van der Waals surface area contributed by atoms with E-state index in [-0.39, 0.29) is 24.1 Å². The van der Waals surface area contributed by atoms with E-state index in [4.69, 9.17) is 0 Å². The maximum Gasteiger partial charge on any atom is 0.230 e.